The van der Waals surface area contributed by atoms with E-state index in [-0.39, 0.29) is 22.5 Å². The van der Waals surface area contributed by atoms with Crippen LogP contribution in [0.4, 0.5) is 11.5 Å². The van der Waals surface area contributed by atoms with Gasteiger partial charge in [0.15, 0.2) is 0 Å². The zero-order valence-corrected chi connectivity index (χ0v) is 12.0. The van der Waals surface area contributed by atoms with Gasteiger partial charge in [-0.1, -0.05) is 24.4 Å². The van der Waals surface area contributed by atoms with Crippen LogP contribution in [-0.2, 0) is 4.79 Å². The molecule has 2 N–H and O–H groups in total. The van der Waals surface area contributed by atoms with Crippen LogP contribution in [0.1, 0.15) is 25.7 Å². The highest BCUT2D eigenvalue weighted by molar-refractivity contribution is 6.33. The van der Waals surface area contributed by atoms with E-state index in [4.69, 9.17) is 11.6 Å². The summed E-state index contributed by atoms with van der Waals surface area (Å²) in [7, 11) is 0. The molecule has 1 aliphatic rings. The molecule has 0 radical (unpaired) electrons. The number of carbonyl (C=O) groups is 1. The number of aromatic nitrogens is 1. The van der Waals surface area contributed by atoms with Crippen molar-refractivity contribution >= 4 is 29.1 Å². The van der Waals surface area contributed by atoms with Gasteiger partial charge in [0, 0.05) is 12.6 Å². The van der Waals surface area contributed by atoms with E-state index in [0.717, 1.165) is 25.5 Å². The van der Waals surface area contributed by atoms with Gasteiger partial charge in [-0.25, -0.2) is 4.98 Å². The minimum atomic E-state index is -0.774. The van der Waals surface area contributed by atoms with Crippen molar-refractivity contribution in [1.82, 2.24) is 4.98 Å². The summed E-state index contributed by atoms with van der Waals surface area (Å²) in [6, 6.07) is 1.23. The normalized spacial score (nSPS) is 21.8. The van der Waals surface area contributed by atoms with Crippen molar-refractivity contribution in [2.75, 3.05) is 11.9 Å². The van der Waals surface area contributed by atoms with Crippen molar-refractivity contribution in [3.8, 4) is 0 Å². The maximum absolute atomic E-state index is 11.2. The van der Waals surface area contributed by atoms with Crippen molar-refractivity contribution in [3.05, 3.63) is 27.4 Å². The number of nitro groups is 1. The largest absolute Gasteiger partial charge is 0.481 e. The number of halogens is 1. The Hall–Kier alpha value is -1.89. The van der Waals surface area contributed by atoms with Crippen molar-refractivity contribution in [3.63, 3.8) is 0 Å². The zero-order chi connectivity index (χ0) is 15.4. The summed E-state index contributed by atoms with van der Waals surface area (Å²) in [5, 5.41) is 23.0. The first-order valence-electron chi connectivity index (χ1n) is 6.75. The van der Waals surface area contributed by atoms with Gasteiger partial charge < -0.3 is 10.4 Å². The summed E-state index contributed by atoms with van der Waals surface area (Å²) in [5.74, 6) is -0.770. The predicted molar refractivity (Wildman–Crippen MR) is 77.5 cm³/mol. The van der Waals surface area contributed by atoms with E-state index >= 15 is 0 Å². The fourth-order valence-corrected chi connectivity index (χ4v) is 2.89. The van der Waals surface area contributed by atoms with Crippen LogP contribution >= 0.6 is 11.6 Å². The highest BCUT2D eigenvalue weighted by Gasteiger charge is 2.30. The number of nitrogens with zero attached hydrogens (tertiary/aromatic N) is 2. The van der Waals surface area contributed by atoms with Crippen LogP contribution in [0.5, 0.6) is 0 Å². The topological polar surface area (TPSA) is 105 Å². The molecule has 7 nitrogen and oxygen atoms in total. The zero-order valence-electron chi connectivity index (χ0n) is 11.3. The summed E-state index contributed by atoms with van der Waals surface area (Å²) in [6.07, 6.45) is 4.60. The summed E-state index contributed by atoms with van der Waals surface area (Å²) in [5.41, 5.74) is -0.174. The third-order valence-electron chi connectivity index (χ3n) is 3.80. The number of hydrogen-bond acceptors (Lipinski definition) is 5. The number of carboxylic acid groups (broad SMARTS) is 1. The molecule has 1 aliphatic carbocycles. The number of hydrogen-bond donors (Lipinski definition) is 2. The van der Waals surface area contributed by atoms with Crippen LogP contribution in [0, 0.1) is 22.0 Å². The third kappa shape index (κ3) is 3.81. The SMILES string of the molecule is O=C(O)C1CCCCC1CNc1ncc([N+](=O)[O-])cc1Cl. The lowest BCUT2D eigenvalue weighted by Crippen LogP contribution is -2.31. The lowest BCUT2D eigenvalue weighted by Gasteiger charge is -2.28. The number of aliphatic carboxylic acids is 1. The monoisotopic (exact) mass is 313 g/mol. The molecule has 0 saturated heterocycles. The van der Waals surface area contributed by atoms with Crippen molar-refractivity contribution in [2.45, 2.75) is 25.7 Å². The molecule has 0 aliphatic heterocycles. The molecule has 0 amide bonds. The molecule has 114 valence electrons. The average Bonchev–Trinajstić information content (AvgIpc) is 2.46. The van der Waals surface area contributed by atoms with E-state index < -0.39 is 10.9 Å². The Morgan fingerprint density at radius 3 is 2.86 bits per heavy atom. The lowest BCUT2D eigenvalue weighted by molar-refractivity contribution is -0.385. The summed E-state index contributed by atoms with van der Waals surface area (Å²) in [6.45, 7) is 0.446. The van der Waals surface area contributed by atoms with E-state index in [0.29, 0.717) is 18.8 Å². The van der Waals surface area contributed by atoms with E-state index in [1.165, 1.54) is 6.07 Å². The van der Waals surface area contributed by atoms with Gasteiger partial charge in [0.1, 0.15) is 12.0 Å². The van der Waals surface area contributed by atoms with Gasteiger partial charge in [-0.15, -0.1) is 0 Å². The van der Waals surface area contributed by atoms with Gasteiger partial charge >= 0.3 is 5.97 Å². The minimum absolute atomic E-state index is 0.0179. The van der Waals surface area contributed by atoms with Crippen LogP contribution in [0.25, 0.3) is 0 Å². The lowest BCUT2D eigenvalue weighted by atomic mass is 9.79. The molecule has 2 atom stereocenters. The minimum Gasteiger partial charge on any atom is -0.481 e. The smallest absolute Gasteiger partial charge is 0.306 e. The molecular formula is C13H16ClN3O4. The molecular weight excluding hydrogens is 298 g/mol. The number of nitrogens with one attached hydrogen (secondary N) is 1. The Labute approximate surface area is 126 Å². The van der Waals surface area contributed by atoms with Gasteiger partial charge in [-0.05, 0) is 18.8 Å². The van der Waals surface area contributed by atoms with E-state index in [1.54, 1.807) is 0 Å². The van der Waals surface area contributed by atoms with Gasteiger partial charge in [0.2, 0.25) is 0 Å². The Kier molecular flexibility index (Phi) is 4.95. The summed E-state index contributed by atoms with van der Waals surface area (Å²) >= 11 is 5.94. The van der Waals surface area contributed by atoms with Crippen LogP contribution in [0.3, 0.4) is 0 Å². The molecule has 8 heteroatoms. The maximum atomic E-state index is 11.2. The van der Waals surface area contributed by atoms with E-state index in [1.807, 2.05) is 0 Å². The average molecular weight is 314 g/mol. The Balaban J connectivity index is 2.02. The highest BCUT2D eigenvalue weighted by Crippen LogP contribution is 2.31. The molecule has 1 fully saturated rings. The molecule has 1 aromatic heterocycles. The molecule has 2 rings (SSSR count). The molecule has 0 aromatic carbocycles. The second kappa shape index (κ2) is 6.71. The van der Waals surface area contributed by atoms with Crippen molar-refractivity contribution < 1.29 is 14.8 Å². The van der Waals surface area contributed by atoms with Gasteiger partial charge in [-0.2, -0.15) is 0 Å². The molecule has 21 heavy (non-hydrogen) atoms. The number of carboxylic acids is 1. The Morgan fingerprint density at radius 2 is 2.24 bits per heavy atom. The molecule has 1 aromatic rings. The molecule has 1 heterocycles. The quantitative estimate of drug-likeness (QED) is 0.639. The second-order valence-electron chi connectivity index (χ2n) is 5.15. The van der Waals surface area contributed by atoms with Crippen molar-refractivity contribution in [1.29, 1.82) is 0 Å². The highest BCUT2D eigenvalue weighted by atomic mass is 35.5. The predicted octanol–water partition coefficient (Wildman–Crippen LogP) is 2.95. The van der Waals surface area contributed by atoms with E-state index in [2.05, 4.69) is 10.3 Å². The van der Waals surface area contributed by atoms with Crippen LogP contribution in [-0.4, -0.2) is 27.5 Å². The molecule has 0 bridgehead atoms. The van der Waals surface area contributed by atoms with Gasteiger partial charge in [0.05, 0.1) is 15.9 Å². The summed E-state index contributed by atoms with van der Waals surface area (Å²) < 4.78 is 0. The first-order valence-corrected chi connectivity index (χ1v) is 7.13. The van der Waals surface area contributed by atoms with Crippen LogP contribution in [0.15, 0.2) is 12.3 Å². The van der Waals surface area contributed by atoms with Crippen LogP contribution in [0.2, 0.25) is 5.02 Å². The van der Waals surface area contributed by atoms with E-state index in [9.17, 15) is 20.0 Å². The Morgan fingerprint density at radius 1 is 1.52 bits per heavy atom. The molecule has 0 spiro atoms. The standard InChI is InChI=1S/C13H16ClN3O4/c14-11-5-9(17(20)21)7-16-12(11)15-6-8-3-1-2-4-10(8)13(18)19/h5,7-8,10H,1-4,6H2,(H,15,16)(H,18,19). The van der Waals surface area contributed by atoms with Crippen LogP contribution < -0.4 is 5.32 Å². The molecule has 1 saturated carbocycles. The summed E-state index contributed by atoms with van der Waals surface area (Å²) in [4.78, 5) is 25.2. The maximum Gasteiger partial charge on any atom is 0.306 e. The number of anilines is 1. The molecule has 2 unspecified atom stereocenters. The second-order valence-corrected chi connectivity index (χ2v) is 5.56. The first kappa shape index (κ1) is 15.5. The Bertz CT molecular complexity index is 552. The first-order chi connectivity index (χ1) is 9.99. The van der Waals surface area contributed by atoms with Crippen molar-refractivity contribution in [2.24, 2.45) is 11.8 Å². The number of pyridine rings is 1. The fourth-order valence-electron chi connectivity index (χ4n) is 2.66. The fraction of sp³-hybridized carbons (Fsp3) is 0.538. The third-order valence-corrected chi connectivity index (χ3v) is 4.08. The van der Waals surface area contributed by atoms with Gasteiger partial charge in [0.25, 0.3) is 5.69 Å². The number of rotatable bonds is 5. The van der Waals surface area contributed by atoms with Gasteiger partial charge in [-0.3, -0.25) is 14.9 Å².